The van der Waals surface area contributed by atoms with Gasteiger partial charge in [0, 0.05) is 30.7 Å². The summed E-state index contributed by atoms with van der Waals surface area (Å²) in [6.07, 6.45) is 7.31. The maximum atomic E-state index is 3.72. The average molecular weight is 236 g/mol. The fraction of sp³-hybridized carbons (Fsp3) is 1.00. The molecule has 0 aromatic carbocycles. The van der Waals surface area contributed by atoms with Gasteiger partial charge in [-0.3, -0.25) is 4.90 Å². The van der Waals surface area contributed by atoms with Gasteiger partial charge in [-0.15, -0.1) is 0 Å². The molecule has 0 radical (unpaired) electrons. The zero-order chi connectivity index (χ0) is 12.0. The summed E-state index contributed by atoms with van der Waals surface area (Å²) in [6, 6.07) is 1.72. The summed E-state index contributed by atoms with van der Waals surface area (Å²) < 4.78 is 0. The van der Waals surface area contributed by atoms with Crippen LogP contribution in [0.2, 0.25) is 0 Å². The number of hydrogen-bond donors (Lipinski definition) is 1. The summed E-state index contributed by atoms with van der Waals surface area (Å²) in [5, 5.41) is 3.72. The zero-order valence-corrected chi connectivity index (χ0v) is 11.7. The summed E-state index contributed by atoms with van der Waals surface area (Å²) in [6.45, 7) is 9.53. The van der Waals surface area contributed by atoms with Gasteiger partial charge in [-0.25, -0.2) is 0 Å². The van der Waals surface area contributed by atoms with Crippen molar-refractivity contribution >= 4 is 0 Å². The first-order valence-corrected chi connectivity index (χ1v) is 7.61. The summed E-state index contributed by atoms with van der Waals surface area (Å²) in [5.41, 5.74) is 0.313. The van der Waals surface area contributed by atoms with Crippen molar-refractivity contribution in [2.45, 2.75) is 70.5 Å². The van der Waals surface area contributed by atoms with E-state index in [-0.39, 0.29) is 0 Å². The van der Waals surface area contributed by atoms with Crippen LogP contribution in [0.3, 0.4) is 0 Å². The van der Waals surface area contributed by atoms with Crippen molar-refractivity contribution in [2.24, 2.45) is 11.8 Å². The van der Waals surface area contributed by atoms with Gasteiger partial charge >= 0.3 is 0 Å². The van der Waals surface area contributed by atoms with E-state index >= 15 is 0 Å². The summed E-state index contributed by atoms with van der Waals surface area (Å²) in [5.74, 6) is 2.09. The molecule has 0 amide bonds. The minimum atomic E-state index is 0.313. The average Bonchev–Trinajstić information content (AvgIpc) is 3.11. The van der Waals surface area contributed by atoms with Crippen LogP contribution in [-0.4, -0.2) is 35.6 Å². The molecule has 98 valence electrons. The Morgan fingerprint density at radius 1 is 1.18 bits per heavy atom. The summed E-state index contributed by atoms with van der Waals surface area (Å²) in [4.78, 5) is 2.89. The number of nitrogens with zero attached hydrogens (tertiary/aromatic N) is 1. The van der Waals surface area contributed by atoms with E-state index in [1.807, 2.05) is 0 Å². The Labute approximate surface area is 106 Å². The van der Waals surface area contributed by atoms with E-state index in [1.54, 1.807) is 0 Å². The molecule has 1 saturated heterocycles. The topological polar surface area (TPSA) is 15.3 Å². The normalized spacial score (nSPS) is 34.2. The molecular weight excluding hydrogens is 208 g/mol. The van der Waals surface area contributed by atoms with Crippen molar-refractivity contribution in [3.8, 4) is 0 Å². The molecule has 1 heterocycles. The van der Waals surface area contributed by atoms with Crippen LogP contribution in [0.25, 0.3) is 0 Å². The van der Waals surface area contributed by atoms with Crippen molar-refractivity contribution < 1.29 is 0 Å². The lowest BCUT2D eigenvalue weighted by Gasteiger charge is -2.48. The highest BCUT2D eigenvalue weighted by atomic mass is 15.3. The monoisotopic (exact) mass is 236 g/mol. The molecule has 2 aliphatic carbocycles. The maximum absolute atomic E-state index is 3.72. The van der Waals surface area contributed by atoms with Crippen LogP contribution in [0.4, 0.5) is 0 Å². The van der Waals surface area contributed by atoms with Gasteiger partial charge in [0.1, 0.15) is 0 Å². The quantitative estimate of drug-likeness (QED) is 0.807. The van der Waals surface area contributed by atoms with Crippen molar-refractivity contribution in [1.82, 2.24) is 10.2 Å². The van der Waals surface area contributed by atoms with Gasteiger partial charge in [0.15, 0.2) is 0 Å². The van der Waals surface area contributed by atoms with Gasteiger partial charge in [0.25, 0.3) is 0 Å². The van der Waals surface area contributed by atoms with Crippen molar-refractivity contribution in [1.29, 1.82) is 0 Å². The number of piperazine rings is 1. The molecule has 2 heteroatoms. The van der Waals surface area contributed by atoms with E-state index in [1.165, 1.54) is 45.2 Å². The van der Waals surface area contributed by atoms with Gasteiger partial charge in [-0.05, 0) is 57.8 Å². The largest absolute Gasteiger partial charge is 0.309 e. The molecule has 0 spiro atoms. The third kappa shape index (κ3) is 2.53. The summed E-state index contributed by atoms with van der Waals surface area (Å²) in [7, 11) is 0. The van der Waals surface area contributed by atoms with Crippen molar-refractivity contribution in [3.63, 3.8) is 0 Å². The van der Waals surface area contributed by atoms with E-state index in [4.69, 9.17) is 0 Å². The number of hydrogen-bond acceptors (Lipinski definition) is 2. The molecule has 2 nitrogen and oxygen atoms in total. The van der Waals surface area contributed by atoms with Gasteiger partial charge in [0.2, 0.25) is 0 Å². The van der Waals surface area contributed by atoms with Crippen LogP contribution in [-0.2, 0) is 0 Å². The van der Waals surface area contributed by atoms with Crippen LogP contribution in [0.1, 0.15) is 52.9 Å². The van der Waals surface area contributed by atoms with Crippen LogP contribution in [0, 0.1) is 11.8 Å². The Hall–Kier alpha value is -0.0800. The Balaban J connectivity index is 1.75. The second-order valence-corrected chi connectivity index (χ2v) is 7.16. The Morgan fingerprint density at radius 2 is 1.76 bits per heavy atom. The predicted molar refractivity (Wildman–Crippen MR) is 72.1 cm³/mol. The molecule has 1 N–H and O–H groups in total. The Kier molecular flexibility index (Phi) is 2.99. The number of rotatable bonds is 4. The molecule has 1 aliphatic heterocycles. The Bertz CT molecular complexity index is 267. The SMILES string of the molecule is CCC1CNC(C)(C)CN1C(C1CC1)C1CC1. The first-order valence-electron chi connectivity index (χ1n) is 7.61. The van der Waals surface area contributed by atoms with Crippen molar-refractivity contribution in [3.05, 3.63) is 0 Å². The first kappa shape index (κ1) is 12.0. The van der Waals surface area contributed by atoms with Gasteiger partial charge in [0.05, 0.1) is 0 Å². The zero-order valence-electron chi connectivity index (χ0n) is 11.7. The van der Waals surface area contributed by atoms with E-state index in [0.717, 1.165) is 23.9 Å². The lowest BCUT2D eigenvalue weighted by molar-refractivity contribution is 0.0333. The highest BCUT2D eigenvalue weighted by Gasteiger charge is 2.48. The van der Waals surface area contributed by atoms with Crippen LogP contribution >= 0.6 is 0 Å². The molecule has 1 unspecified atom stereocenters. The fourth-order valence-electron chi connectivity index (χ4n) is 3.68. The second kappa shape index (κ2) is 4.24. The minimum absolute atomic E-state index is 0.313. The van der Waals surface area contributed by atoms with E-state index in [2.05, 4.69) is 31.0 Å². The van der Waals surface area contributed by atoms with Crippen molar-refractivity contribution in [2.75, 3.05) is 13.1 Å². The molecule has 3 fully saturated rings. The third-order valence-corrected chi connectivity index (χ3v) is 4.93. The molecule has 17 heavy (non-hydrogen) atoms. The molecule has 0 aromatic heterocycles. The highest BCUT2D eigenvalue weighted by molar-refractivity contribution is 5.03. The van der Waals surface area contributed by atoms with E-state index < -0.39 is 0 Å². The lowest BCUT2D eigenvalue weighted by atomic mass is 9.92. The molecule has 3 rings (SSSR count). The molecule has 2 saturated carbocycles. The van der Waals surface area contributed by atoms with Crippen LogP contribution < -0.4 is 5.32 Å². The smallest absolute Gasteiger partial charge is 0.0253 e. The maximum Gasteiger partial charge on any atom is 0.0253 e. The highest BCUT2D eigenvalue weighted by Crippen LogP contribution is 2.48. The van der Waals surface area contributed by atoms with Crippen LogP contribution in [0.15, 0.2) is 0 Å². The minimum Gasteiger partial charge on any atom is -0.309 e. The van der Waals surface area contributed by atoms with E-state index in [0.29, 0.717) is 5.54 Å². The molecular formula is C15H28N2. The van der Waals surface area contributed by atoms with E-state index in [9.17, 15) is 0 Å². The summed E-state index contributed by atoms with van der Waals surface area (Å²) >= 11 is 0. The predicted octanol–water partition coefficient (Wildman–Crippen LogP) is 2.64. The van der Waals surface area contributed by atoms with Gasteiger partial charge in [-0.1, -0.05) is 6.92 Å². The van der Waals surface area contributed by atoms with Gasteiger partial charge < -0.3 is 5.32 Å². The second-order valence-electron chi connectivity index (χ2n) is 7.16. The van der Waals surface area contributed by atoms with Gasteiger partial charge in [-0.2, -0.15) is 0 Å². The molecule has 1 atom stereocenters. The lowest BCUT2D eigenvalue weighted by Crippen LogP contribution is -2.64. The third-order valence-electron chi connectivity index (χ3n) is 4.93. The Morgan fingerprint density at radius 3 is 2.24 bits per heavy atom. The molecule has 0 aromatic rings. The molecule has 3 aliphatic rings. The number of nitrogens with one attached hydrogen (secondary N) is 1. The standard InChI is InChI=1S/C15H28N2/c1-4-13-9-16-15(2,3)10-17(13)14(11-5-6-11)12-7-8-12/h11-14,16H,4-10H2,1-3H3. The fourth-order valence-corrected chi connectivity index (χ4v) is 3.68. The van der Waals surface area contributed by atoms with Crippen LogP contribution in [0.5, 0.6) is 0 Å². The molecule has 0 bridgehead atoms. The first-order chi connectivity index (χ1) is 8.11.